The second-order valence-corrected chi connectivity index (χ2v) is 11.2. The lowest BCUT2D eigenvalue weighted by atomic mass is 9.86. The van der Waals surface area contributed by atoms with Crippen LogP contribution in [0.4, 0.5) is 10.6 Å². The van der Waals surface area contributed by atoms with Crippen molar-refractivity contribution in [2.24, 2.45) is 0 Å². The van der Waals surface area contributed by atoms with Crippen LogP contribution < -0.4 is 10.2 Å². The summed E-state index contributed by atoms with van der Waals surface area (Å²) < 4.78 is 11.0. The van der Waals surface area contributed by atoms with E-state index >= 15 is 0 Å². The number of ether oxygens (including phenoxy) is 2. The van der Waals surface area contributed by atoms with E-state index in [1.165, 1.54) is 7.11 Å². The van der Waals surface area contributed by atoms with E-state index in [0.29, 0.717) is 6.42 Å². The van der Waals surface area contributed by atoms with Gasteiger partial charge in [-0.2, -0.15) is 0 Å². The summed E-state index contributed by atoms with van der Waals surface area (Å²) in [5, 5.41) is 3.92. The number of nitrogens with one attached hydrogen (secondary N) is 1. The molecule has 6 rings (SSSR count). The Balaban J connectivity index is 1.09. The molecule has 43 heavy (non-hydrogen) atoms. The first-order chi connectivity index (χ1) is 21.1. The highest BCUT2D eigenvalue weighted by Gasteiger charge is 2.46. The number of rotatable bonds is 10. The molecule has 1 fully saturated rings. The number of amides is 1. The SMILES string of the molecule is COC(=O)CCNC(=O)OC1(CCCCN2CCN(c3ccc4ccccc4n3)CC2)c2ccccc2-c2ccccc21. The fourth-order valence-electron chi connectivity index (χ4n) is 6.42. The van der Waals surface area contributed by atoms with E-state index in [0.717, 1.165) is 84.5 Å². The number of anilines is 1. The lowest BCUT2D eigenvalue weighted by Gasteiger charge is -2.36. The summed E-state index contributed by atoms with van der Waals surface area (Å²) in [6.07, 6.45) is 2.12. The Morgan fingerprint density at radius 3 is 2.23 bits per heavy atom. The minimum absolute atomic E-state index is 0.0932. The zero-order valence-corrected chi connectivity index (χ0v) is 24.6. The maximum absolute atomic E-state index is 13.1. The summed E-state index contributed by atoms with van der Waals surface area (Å²) in [6, 6.07) is 28.9. The largest absolute Gasteiger partial charge is 0.469 e. The molecular formula is C35H38N4O4. The Kier molecular flexibility index (Phi) is 8.56. The summed E-state index contributed by atoms with van der Waals surface area (Å²) in [5.41, 5.74) is 4.36. The molecule has 1 aromatic heterocycles. The van der Waals surface area contributed by atoms with Crippen LogP contribution in [-0.4, -0.2) is 68.3 Å². The van der Waals surface area contributed by atoms with E-state index < -0.39 is 11.7 Å². The van der Waals surface area contributed by atoms with Gasteiger partial charge in [-0.1, -0.05) is 66.7 Å². The van der Waals surface area contributed by atoms with Gasteiger partial charge < -0.3 is 19.7 Å². The number of hydrogen-bond donors (Lipinski definition) is 1. The molecule has 1 amide bonds. The standard InChI is InChI=1S/C35H38N4O4/c1-42-33(40)18-20-36-34(41)43-35(29-13-5-3-11-27(29)28-12-4-6-14-30(28)35)19-8-9-21-38-22-24-39(25-23-38)32-17-16-26-10-2-7-15-31(26)37-32/h2-7,10-17H,8-9,18-25H2,1H3,(H,36,41). The number of hydrogen-bond acceptors (Lipinski definition) is 7. The van der Waals surface area contributed by atoms with E-state index in [1.54, 1.807) is 0 Å². The molecule has 1 N–H and O–H groups in total. The van der Waals surface area contributed by atoms with Crippen molar-refractivity contribution in [3.8, 4) is 11.1 Å². The second-order valence-electron chi connectivity index (χ2n) is 11.2. The molecule has 222 valence electrons. The zero-order chi connectivity index (χ0) is 29.6. The number of esters is 1. The van der Waals surface area contributed by atoms with Crippen molar-refractivity contribution in [3.05, 3.63) is 96.1 Å². The molecule has 2 aliphatic rings. The number of piperazine rings is 1. The average molecular weight is 579 g/mol. The Hall–Kier alpha value is -4.43. The maximum Gasteiger partial charge on any atom is 0.408 e. The Morgan fingerprint density at radius 1 is 0.837 bits per heavy atom. The molecule has 0 unspecified atom stereocenters. The molecule has 8 heteroatoms. The molecule has 0 atom stereocenters. The summed E-state index contributed by atoms with van der Waals surface area (Å²) >= 11 is 0. The first-order valence-corrected chi connectivity index (χ1v) is 15.1. The molecule has 0 radical (unpaired) electrons. The van der Waals surface area contributed by atoms with Crippen molar-refractivity contribution in [1.29, 1.82) is 0 Å². The lowest BCUT2D eigenvalue weighted by molar-refractivity contribution is -0.140. The Bertz CT molecular complexity index is 1550. The van der Waals surface area contributed by atoms with Crippen molar-refractivity contribution in [3.63, 3.8) is 0 Å². The third-order valence-corrected chi connectivity index (χ3v) is 8.64. The first-order valence-electron chi connectivity index (χ1n) is 15.1. The van der Waals surface area contributed by atoms with Crippen molar-refractivity contribution in [2.45, 2.75) is 31.3 Å². The van der Waals surface area contributed by atoms with Crippen LogP contribution in [-0.2, 0) is 19.9 Å². The van der Waals surface area contributed by atoms with Crippen molar-refractivity contribution in [1.82, 2.24) is 15.2 Å². The number of methoxy groups -OCH3 is 1. The number of para-hydroxylation sites is 1. The molecule has 8 nitrogen and oxygen atoms in total. The highest BCUT2D eigenvalue weighted by molar-refractivity contribution is 5.82. The van der Waals surface area contributed by atoms with Crippen LogP contribution in [0.25, 0.3) is 22.0 Å². The van der Waals surface area contributed by atoms with E-state index in [2.05, 4.69) is 63.6 Å². The van der Waals surface area contributed by atoms with Crippen LogP contribution in [0.3, 0.4) is 0 Å². The van der Waals surface area contributed by atoms with Crippen molar-refractivity contribution in [2.75, 3.05) is 51.3 Å². The Labute approximate surface area is 252 Å². The third-order valence-electron chi connectivity index (χ3n) is 8.64. The minimum atomic E-state index is -0.886. The molecule has 3 aromatic carbocycles. The number of benzene rings is 3. The summed E-state index contributed by atoms with van der Waals surface area (Å²) in [7, 11) is 1.34. The lowest BCUT2D eigenvalue weighted by Crippen LogP contribution is -2.47. The van der Waals surface area contributed by atoms with Gasteiger partial charge in [0.15, 0.2) is 5.60 Å². The number of alkyl carbamates (subject to hydrolysis) is 1. The molecule has 0 saturated carbocycles. The quantitative estimate of drug-likeness (QED) is 0.190. The third kappa shape index (κ3) is 6.06. The molecule has 0 spiro atoms. The summed E-state index contributed by atoms with van der Waals surface area (Å²) in [5.74, 6) is 0.668. The van der Waals surface area contributed by atoms with Crippen LogP contribution in [0.5, 0.6) is 0 Å². The number of pyridine rings is 1. The number of fused-ring (bicyclic) bond motifs is 4. The Morgan fingerprint density at radius 2 is 1.51 bits per heavy atom. The van der Waals surface area contributed by atoms with Gasteiger partial charge in [0, 0.05) is 49.2 Å². The van der Waals surface area contributed by atoms with Crippen molar-refractivity contribution >= 4 is 28.8 Å². The van der Waals surface area contributed by atoms with E-state index in [9.17, 15) is 9.59 Å². The number of carbonyl (C=O) groups excluding carboxylic acids is 2. The molecular weight excluding hydrogens is 540 g/mol. The predicted octanol–water partition coefficient (Wildman–Crippen LogP) is 5.74. The van der Waals surface area contributed by atoms with Crippen LogP contribution >= 0.6 is 0 Å². The number of aromatic nitrogens is 1. The molecule has 2 heterocycles. The van der Waals surface area contributed by atoms with E-state index in [-0.39, 0.29) is 18.9 Å². The first kappa shape index (κ1) is 28.7. The van der Waals surface area contributed by atoms with E-state index in [1.807, 2.05) is 36.4 Å². The number of carbonyl (C=O) groups is 2. The predicted molar refractivity (Wildman–Crippen MR) is 168 cm³/mol. The summed E-state index contributed by atoms with van der Waals surface area (Å²) in [6.45, 7) is 5.03. The smallest absolute Gasteiger partial charge is 0.408 e. The number of nitrogens with zero attached hydrogens (tertiary/aromatic N) is 3. The molecule has 4 aromatic rings. The zero-order valence-electron chi connectivity index (χ0n) is 24.6. The molecule has 1 aliphatic carbocycles. The van der Waals surface area contributed by atoms with Gasteiger partial charge in [-0.05, 0) is 55.1 Å². The van der Waals surface area contributed by atoms with Gasteiger partial charge in [0.1, 0.15) is 5.82 Å². The summed E-state index contributed by atoms with van der Waals surface area (Å²) in [4.78, 5) is 34.4. The van der Waals surface area contributed by atoms with Gasteiger partial charge >= 0.3 is 12.1 Å². The van der Waals surface area contributed by atoms with Crippen LogP contribution in [0.15, 0.2) is 84.9 Å². The van der Waals surface area contributed by atoms with Gasteiger partial charge in [-0.15, -0.1) is 0 Å². The fourth-order valence-corrected chi connectivity index (χ4v) is 6.42. The van der Waals surface area contributed by atoms with Gasteiger partial charge in [-0.3, -0.25) is 9.69 Å². The second kappa shape index (κ2) is 12.8. The van der Waals surface area contributed by atoms with Crippen LogP contribution in [0.1, 0.15) is 36.8 Å². The highest BCUT2D eigenvalue weighted by Crippen LogP contribution is 2.52. The van der Waals surface area contributed by atoms with Gasteiger partial charge in [0.05, 0.1) is 19.0 Å². The fraction of sp³-hybridized carbons (Fsp3) is 0.343. The normalized spacial score (nSPS) is 15.5. The number of unbranched alkanes of at least 4 members (excludes halogenated alkanes) is 1. The average Bonchev–Trinajstić information content (AvgIpc) is 3.32. The minimum Gasteiger partial charge on any atom is -0.469 e. The molecule has 0 bridgehead atoms. The van der Waals surface area contributed by atoms with E-state index in [4.69, 9.17) is 14.5 Å². The van der Waals surface area contributed by atoms with Gasteiger partial charge in [0.2, 0.25) is 0 Å². The van der Waals surface area contributed by atoms with Gasteiger partial charge in [-0.25, -0.2) is 9.78 Å². The van der Waals surface area contributed by atoms with Crippen LogP contribution in [0, 0.1) is 0 Å². The van der Waals surface area contributed by atoms with Crippen LogP contribution in [0.2, 0.25) is 0 Å². The topological polar surface area (TPSA) is 84.0 Å². The van der Waals surface area contributed by atoms with Gasteiger partial charge in [0.25, 0.3) is 0 Å². The molecule has 1 aliphatic heterocycles. The molecule has 1 saturated heterocycles. The highest BCUT2D eigenvalue weighted by atomic mass is 16.6. The maximum atomic E-state index is 13.1. The van der Waals surface area contributed by atoms with Crippen molar-refractivity contribution < 1.29 is 19.1 Å². The monoisotopic (exact) mass is 578 g/mol.